The normalized spacial score (nSPS) is 17.8. The minimum atomic E-state index is -0.111. The van der Waals surface area contributed by atoms with Crippen LogP contribution >= 0.6 is 0 Å². The van der Waals surface area contributed by atoms with Crippen molar-refractivity contribution in [3.8, 4) is 0 Å². The van der Waals surface area contributed by atoms with Gasteiger partial charge in [0.1, 0.15) is 0 Å². The van der Waals surface area contributed by atoms with E-state index in [4.69, 9.17) is 0 Å². The van der Waals surface area contributed by atoms with Gasteiger partial charge in [-0.05, 0) is 30.5 Å². The number of anilines is 1. The molecule has 0 radical (unpaired) electrons. The average Bonchev–Trinajstić information content (AvgIpc) is 3.18. The molecule has 7 heteroatoms. The largest absolute Gasteiger partial charge is 0.342 e. The Morgan fingerprint density at radius 1 is 0.852 bits per heavy atom. The van der Waals surface area contributed by atoms with Gasteiger partial charge < -0.3 is 15.1 Å². The Labute approximate surface area is 160 Å². The van der Waals surface area contributed by atoms with Crippen LogP contribution in [0.2, 0.25) is 0 Å². The van der Waals surface area contributed by atoms with Crippen LogP contribution in [0, 0.1) is 0 Å². The quantitative estimate of drug-likeness (QED) is 0.835. The maximum Gasteiger partial charge on any atom is 0.236 e. The summed E-state index contributed by atoms with van der Waals surface area (Å²) in [7, 11) is 0. The summed E-state index contributed by atoms with van der Waals surface area (Å²) in [6.07, 6.45) is 2.58. The van der Waals surface area contributed by atoms with Gasteiger partial charge in [0.25, 0.3) is 0 Å². The summed E-state index contributed by atoms with van der Waals surface area (Å²) >= 11 is 0. The molecule has 0 aromatic heterocycles. The fourth-order valence-electron chi connectivity index (χ4n) is 3.61. The van der Waals surface area contributed by atoms with E-state index >= 15 is 0 Å². The minimum absolute atomic E-state index is 0.104. The van der Waals surface area contributed by atoms with Gasteiger partial charge in [-0.3, -0.25) is 19.3 Å². The zero-order chi connectivity index (χ0) is 19.2. The molecule has 27 heavy (non-hydrogen) atoms. The van der Waals surface area contributed by atoms with Crippen LogP contribution in [0.3, 0.4) is 0 Å². The Hall–Kier alpha value is -2.41. The van der Waals surface area contributed by atoms with Crippen LogP contribution in [-0.4, -0.2) is 78.2 Å². The zero-order valence-electron chi connectivity index (χ0n) is 15.9. The minimum Gasteiger partial charge on any atom is -0.342 e. The van der Waals surface area contributed by atoms with E-state index in [1.807, 2.05) is 34.1 Å². The van der Waals surface area contributed by atoms with E-state index in [0.717, 1.165) is 50.3 Å². The summed E-state index contributed by atoms with van der Waals surface area (Å²) in [6, 6.07) is 7.36. The summed E-state index contributed by atoms with van der Waals surface area (Å²) in [5.41, 5.74) is 1.66. The molecule has 2 aliphatic rings. The summed E-state index contributed by atoms with van der Waals surface area (Å²) < 4.78 is 0. The molecule has 1 aromatic rings. The summed E-state index contributed by atoms with van der Waals surface area (Å²) in [5, 5.41) is 2.72. The standard InChI is InChI=1S/C20H28N4O3/c1-16(25)21-18-6-4-17(5-7-18)14-19(26)24-12-10-22(11-13-24)15-20(27)23-8-2-3-9-23/h4-7H,2-3,8-15H2,1H3,(H,21,25). The number of carbonyl (C=O) groups excluding carboxylic acids is 3. The van der Waals surface area contributed by atoms with Crippen molar-refractivity contribution >= 4 is 23.4 Å². The first-order valence-electron chi connectivity index (χ1n) is 9.66. The Morgan fingerprint density at radius 3 is 2.04 bits per heavy atom. The van der Waals surface area contributed by atoms with E-state index in [-0.39, 0.29) is 17.7 Å². The fraction of sp³-hybridized carbons (Fsp3) is 0.550. The van der Waals surface area contributed by atoms with E-state index in [0.29, 0.717) is 26.1 Å². The van der Waals surface area contributed by atoms with E-state index in [1.54, 1.807) is 0 Å². The molecule has 3 rings (SSSR count). The molecule has 0 unspecified atom stereocenters. The lowest BCUT2D eigenvalue weighted by atomic mass is 10.1. The van der Waals surface area contributed by atoms with Crippen LogP contribution in [0.4, 0.5) is 5.69 Å². The van der Waals surface area contributed by atoms with E-state index in [1.165, 1.54) is 6.92 Å². The Balaban J connectivity index is 1.42. The Morgan fingerprint density at radius 2 is 1.44 bits per heavy atom. The van der Waals surface area contributed by atoms with Gasteiger partial charge in [0.15, 0.2) is 0 Å². The highest BCUT2D eigenvalue weighted by Gasteiger charge is 2.25. The van der Waals surface area contributed by atoms with Gasteiger partial charge >= 0.3 is 0 Å². The third-order valence-corrected chi connectivity index (χ3v) is 5.17. The van der Waals surface area contributed by atoms with Crippen molar-refractivity contribution in [3.05, 3.63) is 29.8 Å². The van der Waals surface area contributed by atoms with Crippen LogP contribution in [0.1, 0.15) is 25.3 Å². The summed E-state index contributed by atoms with van der Waals surface area (Å²) in [4.78, 5) is 41.8. The lowest BCUT2D eigenvalue weighted by Gasteiger charge is -2.35. The van der Waals surface area contributed by atoms with Crippen LogP contribution in [0.15, 0.2) is 24.3 Å². The number of hydrogen-bond acceptors (Lipinski definition) is 4. The van der Waals surface area contributed by atoms with Gasteiger partial charge in [-0.2, -0.15) is 0 Å². The highest BCUT2D eigenvalue weighted by atomic mass is 16.2. The maximum atomic E-state index is 12.5. The number of benzene rings is 1. The SMILES string of the molecule is CC(=O)Nc1ccc(CC(=O)N2CCN(CC(=O)N3CCCC3)CC2)cc1. The first kappa shape index (κ1) is 19.4. The zero-order valence-corrected chi connectivity index (χ0v) is 15.9. The van der Waals surface area contributed by atoms with Crippen molar-refractivity contribution in [1.82, 2.24) is 14.7 Å². The number of piperazine rings is 1. The molecule has 1 aromatic carbocycles. The molecule has 2 saturated heterocycles. The number of hydrogen-bond donors (Lipinski definition) is 1. The molecule has 0 aliphatic carbocycles. The summed E-state index contributed by atoms with van der Waals surface area (Å²) in [6.45, 7) is 6.52. The molecule has 146 valence electrons. The van der Waals surface area contributed by atoms with E-state index < -0.39 is 0 Å². The second kappa shape index (κ2) is 8.99. The predicted molar refractivity (Wildman–Crippen MR) is 103 cm³/mol. The predicted octanol–water partition coefficient (Wildman–Crippen LogP) is 0.954. The highest BCUT2D eigenvalue weighted by molar-refractivity contribution is 5.88. The molecule has 0 atom stereocenters. The number of nitrogens with zero attached hydrogens (tertiary/aromatic N) is 3. The molecule has 1 N–H and O–H groups in total. The molecule has 0 spiro atoms. The van der Waals surface area contributed by atoms with Crippen molar-refractivity contribution in [2.45, 2.75) is 26.2 Å². The monoisotopic (exact) mass is 372 g/mol. The third-order valence-electron chi connectivity index (χ3n) is 5.17. The molecule has 3 amide bonds. The van der Waals surface area contributed by atoms with Crippen molar-refractivity contribution in [2.75, 3.05) is 51.1 Å². The van der Waals surface area contributed by atoms with Crippen LogP contribution in [-0.2, 0) is 20.8 Å². The number of likely N-dealkylation sites (tertiary alicyclic amines) is 1. The van der Waals surface area contributed by atoms with Crippen LogP contribution < -0.4 is 5.32 Å². The van der Waals surface area contributed by atoms with Crippen molar-refractivity contribution < 1.29 is 14.4 Å². The maximum absolute atomic E-state index is 12.5. The third kappa shape index (κ3) is 5.53. The Kier molecular flexibility index (Phi) is 6.45. The van der Waals surface area contributed by atoms with Crippen molar-refractivity contribution in [3.63, 3.8) is 0 Å². The van der Waals surface area contributed by atoms with Crippen molar-refractivity contribution in [1.29, 1.82) is 0 Å². The fourth-order valence-corrected chi connectivity index (χ4v) is 3.61. The smallest absolute Gasteiger partial charge is 0.236 e. The van der Waals surface area contributed by atoms with Crippen LogP contribution in [0.5, 0.6) is 0 Å². The number of nitrogens with one attached hydrogen (secondary N) is 1. The number of carbonyl (C=O) groups is 3. The van der Waals surface area contributed by atoms with Crippen molar-refractivity contribution in [2.24, 2.45) is 0 Å². The van der Waals surface area contributed by atoms with Gasteiger partial charge in [0, 0.05) is 51.9 Å². The lowest BCUT2D eigenvalue weighted by molar-refractivity contribution is -0.134. The Bertz CT molecular complexity index is 675. The second-order valence-electron chi connectivity index (χ2n) is 7.30. The molecular formula is C20H28N4O3. The van der Waals surface area contributed by atoms with Gasteiger partial charge in [0.05, 0.1) is 13.0 Å². The average molecular weight is 372 g/mol. The van der Waals surface area contributed by atoms with E-state index in [9.17, 15) is 14.4 Å². The molecule has 2 fully saturated rings. The summed E-state index contributed by atoms with van der Waals surface area (Å²) in [5.74, 6) is 0.208. The molecule has 2 aliphatic heterocycles. The van der Waals surface area contributed by atoms with Gasteiger partial charge in [-0.1, -0.05) is 12.1 Å². The first-order chi connectivity index (χ1) is 13.0. The van der Waals surface area contributed by atoms with Crippen LogP contribution in [0.25, 0.3) is 0 Å². The number of amides is 3. The van der Waals surface area contributed by atoms with Gasteiger partial charge in [-0.25, -0.2) is 0 Å². The second-order valence-corrected chi connectivity index (χ2v) is 7.30. The first-order valence-corrected chi connectivity index (χ1v) is 9.66. The molecule has 7 nitrogen and oxygen atoms in total. The highest BCUT2D eigenvalue weighted by Crippen LogP contribution is 2.13. The molecule has 0 bridgehead atoms. The van der Waals surface area contributed by atoms with E-state index in [2.05, 4.69) is 10.2 Å². The molecule has 0 saturated carbocycles. The molecule has 2 heterocycles. The lowest BCUT2D eigenvalue weighted by Crippen LogP contribution is -2.51. The number of rotatable bonds is 5. The molecular weight excluding hydrogens is 344 g/mol. The van der Waals surface area contributed by atoms with Gasteiger partial charge in [0.2, 0.25) is 17.7 Å². The van der Waals surface area contributed by atoms with Gasteiger partial charge in [-0.15, -0.1) is 0 Å². The topological polar surface area (TPSA) is 73.0 Å².